The number of hydrogen-bond acceptors (Lipinski definition) is 4. The van der Waals surface area contributed by atoms with Crippen molar-refractivity contribution in [3.63, 3.8) is 0 Å². The zero-order valence-corrected chi connectivity index (χ0v) is 26.7. The molecule has 234 valence electrons. The SMILES string of the molecule is O=C(NC1CCCCC1)C(Cc1ccccc1)N(Cc1ccccc1Cl)C(=O)CN(c1ccccc1)S(=O)(=O)c1ccccc1. The number of halogens is 1. The molecule has 1 unspecified atom stereocenters. The fraction of sp³-hybridized carbons (Fsp3) is 0.278. The molecule has 1 atom stereocenters. The highest BCUT2D eigenvalue weighted by atomic mass is 35.5. The van der Waals surface area contributed by atoms with Crippen molar-refractivity contribution in [3.05, 3.63) is 131 Å². The highest BCUT2D eigenvalue weighted by Gasteiger charge is 2.35. The zero-order chi connectivity index (χ0) is 31.6. The third-order valence-electron chi connectivity index (χ3n) is 8.18. The number of para-hydroxylation sites is 1. The van der Waals surface area contributed by atoms with E-state index in [1.165, 1.54) is 17.0 Å². The Morgan fingerprint density at radius 2 is 1.36 bits per heavy atom. The summed E-state index contributed by atoms with van der Waals surface area (Å²) in [7, 11) is -4.13. The van der Waals surface area contributed by atoms with E-state index in [0.717, 1.165) is 42.0 Å². The van der Waals surface area contributed by atoms with Gasteiger partial charge in [-0.05, 0) is 54.3 Å². The van der Waals surface area contributed by atoms with Crippen LogP contribution in [0.3, 0.4) is 0 Å². The van der Waals surface area contributed by atoms with E-state index in [0.29, 0.717) is 16.3 Å². The summed E-state index contributed by atoms with van der Waals surface area (Å²) in [6.07, 6.45) is 5.26. The number of hydrogen-bond donors (Lipinski definition) is 1. The number of carbonyl (C=O) groups is 2. The monoisotopic (exact) mass is 643 g/mol. The maximum absolute atomic E-state index is 14.5. The minimum Gasteiger partial charge on any atom is -0.352 e. The zero-order valence-electron chi connectivity index (χ0n) is 25.1. The number of amides is 2. The van der Waals surface area contributed by atoms with E-state index >= 15 is 0 Å². The standard InChI is InChI=1S/C36H38ClN3O4S/c37-33-24-14-13-17-29(33)26-39(34(25-28-15-5-1-6-16-28)36(42)38-30-18-7-2-8-19-30)35(41)27-40(31-20-9-3-10-21-31)45(43,44)32-22-11-4-12-23-32/h1,3-6,9-17,20-24,30,34H,2,7-8,18-19,25-27H2,(H,38,42). The van der Waals surface area contributed by atoms with Gasteiger partial charge in [-0.2, -0.15) is 0 Å². The number of benzene rings is 4. The molecule has 4 aromatic rings. The Labute approximate surface area is 270 Å². The fourth-order valence-corrected chi connectivity index (χ4v) is 7.38. The normalized spacial score (nSPS) is 14.3. The summed E-state index contributed by atoms with van der Waals surface area (Å²) in [6.45, 7) is -0.476. The summed E-state index contributed by atoms with van der Waals surface area (Å²) in [5.74, 6) is -0.777. The Hall–Kier alpha value is -4.14. The number of rotatable bonds is 12. The van der Waals surface area contributed by atoms with Gasteiger partial charge in [-0.1, -0.05) is 116 Å². The predicted molar refractivity (Wildman–Crippen MR) is 178 cm³/mol. The van der Waals surface area contributed by atoms with E-state index in [9.17, 15) is 18.0 Å². The number of anilines is 1. The average Bonchev–Trinajstić information content (AvgIpc) is 3.07. The van der Waals surface area contributed by atoms with Crippen LogP contribution in [-0.4, -0.2) is 43.8 Å². The molecule has 1 aliphatic rings. The van der Waals surface area contributed by atoms with Gasteiger partial charge in [0.15, 0.2) is 0 Å². The second-order valence-electron chi connectivity index (χ2n) is 11.3. The first kappa shape index (κ1) is 32.3. The van der Waals surface area contributed by atoms with Crippen molar-refractivity contribution in [2.75, 3.05) is 10.8 Å². The van der Waals surface area contributed by atoms with Crippen LogP contribution in [0, 0.1) is 0 Å². The first-order valence-corrected chi connectivity index (χ1v) is 17.1. The van der Waals surface area contributed by atoms with Crippen LogP contribution in [0.4, 0.5) is 5.69 Å². The number of nitrogens with zero attached hydrogens (tertiary/aromatic N) is 2. The average molecular weight is 644 g/mol. The summed E-state index contributed by atoms with van der Waals surface area (Å²) >= 11 is 6.58. The number of sulfonamides is 1. The fourth-order valence-electron chi connectivity index (χ4n) is 5.75. The molecule has 5 rings (SSSR count). The molecule has 45 heavy (non-hydrogen) atoms. The lowest BCUT2D eigenvalue weighted by atomic mass is 9.94. The molecule has 0 aliphatic heterocycles. The highest BCUT2D eigenvalue weighted by molar-refractivity contribution is 7.92. The van der Waals surface area contributed by atoms with Crippen molar-refractivity contribution in [1.29, 1.82) is 0 Å². The predicted octanol–water partition coefficient (Wildman–Crippen LogP) is 6.62. The van der Waals surface area contributed by atoms with Gasteiger partial charge in [0.1, 0.15) is 12.6 Å². The molecular weight excluding hydrogens is 606 g/mol. The molecule has 1 N–H and O–H groups in total. The maximum Gasteiger partial charge on any atom is 0.264 e. The number of carbonyl (C=O) groups excluding carboxylic acids is 2. The van der Waals surface area contributed by atoms with E-state index in [1.54, 1.807) is 60.7 Å². The van der Waals surface area contributed by atoms with Gasteiger partial charge in [-0.3, -0.25) is 13.9 Å². The maximum atomic E-state index is 14.5. The quantitative estimate of drug-likeness (QED) is 0.188. The molecule has 0 aromatic heterocycles. The van der Waals surface area contributed by atoms with Crippen LogP contribution in [-0.2, 0) is 32.6 Å². The minimum absolute atomic E-state index is 0.0288. The van der Waals surface area contributed by atoms with Crippen molar-refractivity contribution in [3.8, 4) is 0 Å². The molecule has 0 bridgehead atoms. The van der Waals surface area contributed by atoms with Crippen LogP contribution in [0.1, 0.15) is 43.2 Å². The van der Waals surface area contributed by atoms with Crippen LogP contribution in [0.25, 0.3) is 0 Å². The van der Waals surface area contributed by atoms with Gasteiger partial charge in [-0.25, -0.2) is 8.42 Å². The number of nitrogens with one attached hydrogen (secondary N) is 1. The van der Waals surface area contributed by atoms with E-state index in [-0.39, 0.29) is 29.8 Å². The van der Waals surface area contributed by atoms with Gasteiger partial charge < -0.3 is 10.2 Å². The second-order valence-corrected chi connectivity index (χ2v) is 13.6. The first-order chi connectivity index (χ1) is 21.8. The molecule has 4 aromatic carbocycles. The molecule has 1 fully saturated rings. The van der Waals surface area contributed by atoms with Crippen molar-refractivity contribution in [2.45, 2.75) is 62.0 Å². The molecule has 0 radical (unpaired) electrons. The van der Waals surface area contributed by atoms with Gasteiger partial charge in [0.2, 0.25) is 11.8 Å². The summed E-state index contributed by atoms with van der Waals surface area (Å²) in [6, 6.07) is 32.5. The Morgan fingerprint density at radius 1 is 0.778 bits per heavy atom. The molecule has 2 amide bonds. The third-order valence-corrected chi connectivity index (χ3v) is 10.3. The van der Waals surface area contributed by atoms with E-state index < -0.39 is 28.5 Å². The molecule has 0 saturated heterocycles. The topological polar surface area (TPSA) is 86.8 Å². The highest BCUT2D eigenvalue weighted by Crippen LogP contribution is 2.26. The van der Waals surface area contributed by atoms with Crippen molar-refractivity contribution in [2.24, 2.45) is 0 Å². The Morgan fingerprint density at radius 3 is 2.00 bits per heavy atom. The Bertz CT molecular complexity index is 1660. The smallest absolute Gasteiger partial charge is 0.264 e. The summed E-state index contributed by atoms with van der Waals surface area (Å²) in [4.78, 5) is 30.2. The van der Waals surface area contributed by atoms with Gasteiger partial charge in [0.25, 0.3) is 10.0 Å². The Balaban J connectivity index is 1.55. The lowest BCUT2D eigenvalue weighted by Crippen LogP contribution is -2.55. The van der Waals surface area contributed by atoms with Crippen LogP contribution < -0.4 is 9.62 Å². The molecule has 7 nitrogen and oxygen atoms in total. The lowest BCUT2D eigenvalue weighted by Gasteiger charge is -2.35. The second kappa shape index (κ2) is 15.2. The van der Waals surface area contributed by atoms with E-state index in [1.807, 2.05) is 42.5 Å². The molecule has 1 aliphatic carbocycles. The van der Waals surface area contributed by atoms with Crippen molar-refractivity contribution < 1.29 is 18.0 Å². The first-order valence-electron chi connectivity index (χ1n) is 15.3. The molecule has 1 saturated carbocycles. The Kier molecular flexibility index (Phi) is 10.9. The van der Waals surface area contributed by atoms with Crippen LogP contribution in [0.15, 0.2) is 120 Å². The molecule has 9 heteroatoms. The molecular formula is C36H38ClN3O4S. The third kappa shape index (κ3) is 8.32. The van der Waals surface area contributed by atoms with Gasteiger partial charge in [0.05, 0.1) is 10.6 Å². The largest absolute Gasteiger partial charge is 0.352 e. The summed E-state index contributed by atoms with van der Waals surface area (Å²) in [5, 5.41) is 3.68. The summed E-state index contributed by atoms with van der Waals surface area (Å²) in [5.41, 5.74) is 1.89. The van der Waals surface area contributed by atoms with Crippen molar-refractivity contribution >= 4 is 39.1 Å². The summed E-state index contributed by atoms with van der Waals surface area (Å²) < 4.78 is 29.1. The van der Waals surface area contributed by atoms with E-state index in [2.05, 4.69) is 5.32 Å². The van der Waals surface area contributed by atoms with Crippen molar-refractivity contribution in [1.82, 2.24) is 10.2 Å². The van der Waals surface area contributed by atoms with Gasteiger partial charge in [-0.15, -0.1) is 0 Å². The van der Waals surface area contributed by atoms with Gasteiger partial charge in [0, 0.05) is 24.0 Å². The van der Waals surface area contributed by atoms with E-state index in [4.69, 9.17) is 11.6 Å². The van der Waals surface area contributed by atoms with Crippen LogP contribution >= 0.6 is 11.6 Å². The van der Waals surface area contributed by atoms with Crippen LogP contribution in [0.2, 0.25) is 5.02 Å². The lowest BCUT2D eigenvalue weighted by molar-refractivity contribution is -0.140. The van der Waals surface area contributed by atoms with Crippen LogP contribution in [0.5, 0.6) is 0 Å². The molecule has 0 heterocycles. The molecule has 0 spiro atoms. The van der Waals surface area contributed by atoms with Gasteiger partial charge >= 0.3 is 0 Å². The minimum atomic E-state index is -4.13.